The zero-order chi connectivity index (χ0) is 19.3. The number of nitrogens with one attached hydrogen (secondary N) is 3. The zero-order valence-electron chi connectivity index (χ0n) is 15.7. The third-order valence-corrected chi connectivity index (χ3v) is 6.09. The Labute approximate surface area is 166 Å². The fourth-order valence-electron chi connectivity index (χ4n) is 4.00. The van der Waals surface area contributed by atoms with Gasteiger partial charge in [-0.2, -0.15) is 10.3 Å². The maximum absolute atomic E-state index is 13.0. The van der Waals surface area contributed by atoms with Gasteiger partial charge in [-0.25, -0.2) is 5.32 Å². The number of ketones is 1. The molecular formula is C21H21N4O2S+. The first kappa shape index (κ1) is 17.2. The molecule has 0 radical (unpaired) electrons. The molecule has 142 valence electrons. The summed E-state index contributed by atoms with van der Waals surface area (Å²) in [5, 5.41) is 8.61. The molecule has 1 aliphatic carbocycles. The smallest absolute Gasteiger partial charge is 0.365 e. The van der Waals surface area contributed by atoms with Gasteiger partial charge in [-0.15, -0.1) is 11.3 Å². The topological polar surface area (TPSA) is 81.1 Å². The van der Waals surface area contributed by atoms with Crippen LogP contribution in [-0.4, -0.2) is 16.7 Å². The van der Waals surface area contributed by atoms with Crippen molar-refractivity contribution in [3.05, 3.63) is 58.4 Å². The number of allylic oxidation sites excluding steroid dienone is 1. The first-order valence-electron chi connectivity index (χ1n) is 9.30. The molecule has 0 unspecified atom stereocenters. The molecule has 0 bridgehead atoms. The third kappa shape index (κ3) is 3.01. The van der Waals surface area contributed by atoms with Gasteiger partial charge in [0.2, 0.25) is 0 Å². The number of hydrogen-bond acceptors (Lipinski definition) is 6. The molecule has 0 amide bonds. The van der Waals surface area contributed by atoms with Gasteiger partial charge >= 0.3 is 12.0 Å². The quantitative estimate of drug-likeness (QED) is 0.624. The lowest BCUT2D eigenvalue weighted by Crippen LogP contribution is -2.84. The van der Waals surface area contributed by atoms with Crippen LogP contribution in [0.25, 0.3) is 11.1 Å². The molecule has 1 aliphatic heterocycles. The van der Waals surface area contributed by atoms with Gasteiger partial charge in [-0.1, -0.05) is 32.0 Å². The molecule has 2 atom stereocenters. The Kier molecular flexibility index (Phi) is 3.87. The summed E-state index contributed by atoms with van der Waals surface area (Å²) in [6.07, 6.45) is 2.72. The number of thiophene rings is 1. The molecule has 28 heavy (non-hydrogen) atoms. The molecule has 6 nitrogen and oxygen atoms in total. The van der Waals surface area contributed by atoms with Crippen LogP contribution < -0.4 is 15.6 Å². The normalized spacial score (nSPS) is 23.6. The van der Waals surface area contributed by atoms with Gasteiger partial charge in [0.1, 0.15) is 23.3 Å². The highest BCUT2D eigenvalue weighted by Gasteiger charge is 2.45. The lowest BCUT2D eigenvalue weighted by Gasteiger charge is -2.35. The van der Waals surface area contributed by atoms with Crippen molar-refractivity contribution < 1.29 is 14.2 Å². The number of Topliss-reactive ketones (excluding diaryl/α,β-unsaturated/α-hetero) is 1. The lowest BCUT2D eigenvalue weighted by molar-refractivity contribution is -0.521. The number of rotatable bonds is 2. The molecule has 2 aliphatic rings. The Morgan fingerprint density at radius 3 is 2.93 bits per heavy atom. The first-order valence-corrected chi connectivity index (χ1v) is 10.2. The summed E-state index contributed by atoms with van der Waals surface area (Å²) in [5.74, 6) is 0.695. The number of benzene rings is 1. The minimum Gasteiger partial charge on any atom is -0.412 e. The minimum atomic E-state index is -0.221. The summed E-state index contributed by atoms with van der Waals surface area (Å²) in [6.45, 7) is 4.18. The summed E-state index contributed by atoms with van der Waals surface area (Å²) in [4.78, 5) is 22.0. The maximum Gasteiger partial charge on any atom is 0.365 e. The summed E-state index contributed by atoms with van der Waals surface area (Å²) in [5.41, 5.74) is 2.28. The summed E-state index contributed by atoms with van der Waals surface area (Å²) < 4.78 is 5.79. The van der Waals surface area contributed by atoms with Crippen molar-refractivity contribution in [3.8, 4) is 0 Å². The molecular weight excluding hydrogens is 372 g/mol. The summed E-state index contributed by atoms with van der Waals surface area (Å²) in [6, 6.07) is 12.0. The standard InChI is InChI=1S/C21H20N4O2S/c1-21(2)10-13-17(14(26)11-21)18(16-8-5-9-28-16)24-19(22-13)25-20-23-12-6-3-4-7-15(12)27-20/h3-10,17-18H,11H2,1-2H3,(H2,22,23,24,25)/p+1/t17-,18-/m0/s1. The van der Waals surface area contributed by atoms with Crippen LogP contribution in [0, 0.1) is 11.3 Å². The predicted octanol–water partition coefficient (Wildman–Crippen LogP) is 2.58. The molecule has 0 fully saturated rings. The maximum atomic E-state index is 13.0. The number of carbonyl (C=O) groups excluding carboxylic acids is 1. The van der Waals surface area contributed by atoms with Gasteiger partial charge in [-0.05, 0) is 35.1 Å². The Balaban J connectivity index is 1.54. The molecule has 3 heterocycles. The Hall–Kier alpha value is -2.93. The number of oxazole rings is 1. The van der Waals surface area contributed by atoms with Crippen molar-refractivity contribution in [2.75, 3.05) is 5.32 Å². The van der Waals surface area contributed by atoms with E-state index in [-0.39, 0.29) is 23.2 Å². The van der Waals surface area contributed by atoms with Crippen LogP contribution in [0.15, 0.2) is 58.0 Å². The van der Waals surface area contributed by atoms with Crippen LogP contribution in [0.4, 0.5) is 6.01 Å². The molecule has 3 N–H and O–H groups in total. The van der Waals surface area contributed by atoms with Crippen molar-refractivity contribution in [1.82, 2.24) is 10.3 Å². The second-order valence-corrected chi connectivity index (χ2v) is 8.94. The van der Waals surface area contributed by atoms with Crippen LogP contribution in [0.2, 0.25) is 0 Å². The van der Waals surface area contributed by atoms with Crippen molar-refractivity contribution in [2.24, 2.45) is 11.3 Å². The minimum absolute atomic E-state index is 0.122. The van der Waals surface area contributed by atoms with E-state index in [1.54, 1.807) is 11.3 Å². The van der Waals surface area contributed by atoms with E-state index in [9.17, 15) is 4.79 Å². The number of fused-ring (bicyclic) bond motifs is 2. The van der Waals surface area contributed by atoms with Crippen molar-refractivity contribution in [2.45, 2.75) is 26.3 Å². The average molecular weight is 393 g/mol. The van der Waals surface area contributed by atoms with Gasteiger partial charge in [0, 0.05) is 11.3 Å². The number of para-hydroxylation sites is 2. The molecule has 0 spiro atoms. The highest BCUT2D eigenvalue weighted by Crippen LogP contribution is 2.39. The lowest BCUT2D eigenvalue weighted by atomic mass is 9.73. The van der Waals surface area contributed by atoms with Crippen LogP contribution in [0.1, 0.15) is 31.2 Å². The van der Waals surface area contributed by atoms with E-state index in [0.717, 1.165) is 21.7 Å². The van der Waals surface area contributed by atoms with E-state index < -0.39 is 0 Å². The Morgan fingerprint density at radius 2 is 2.14 bits per heavy atom. The van der Waals surface area contributed by atoms with Gasteiger partial charge < -0.3 is 4.42 Å². The molecule has 3 aromatic rings. The van der Waals surface area contributed by atoms with E-state index in [1.165, 1.54) is 0 Å². The zero-order valence-corrected chi connectivity index (χ0v) is 16.5. The molecule has 0 saturated heterocycles. The number of carbonyl (C=O) groups is 1. The highest BCUT2D eigenvalue weighted by molar-refractivity contribution is 7.10. The molecule has 2 aromatic heterocycles. The monoisotopic (exact) mass is 393 g/mol. The van der Waals surface area contributed by atoms with E-state index in [0.29, 0.717) is 18.4 Å². The van der Waals surface area contributed by atoms with Crippen LogP contribution >= 0.6 is 11.3 Å². The van der Waals surface area contributed by atoms with E-state index in [1.807, 2.05) is 35.7 Å². The fourth-order valence-corrected chi connectivity index (χ4v) is 4.81. The van der Waals surface area contributed by atoms with Gasteiger partial charge in [0.15, 0.2) is 5.58 Å². The van der Waals surface area contributed by atoms with Crippen LogP contribution in [-0.2, 0) is 4.79 Å². The van der Waals surface area contributed by atoms with Gasteiger partial charge in [-0.3, -0.25) is 9.79 Å². The average Bonchev–Trinajstić information content (AvgIpc) is 3.29. The second kappa shape index (κ2) is 6.31. The molecule has 1 aromatic carbocycles. The van der Waals surface area contributed by atoms with Gasteiger partial charge in [0.05, 0.1) is 5.70 Å². The van der Waals surface area contributed by atoms with E-state index in [2.05, 4.69) is 46.6 Å². The van der Waals surface area contributed by atoms with E-state index in [4.69, 9.17) is 4.42 Å². The molecule has 7 heteroatoms. The third-order valence-electron chi connectivity index (χ3n) is 5.14. The molecule has 0 saturated carbocycles. The largest absolute Gasteiger partial charge is 0.412 e. The van der Waals surface area contributed by atoms with Crippen LogP contribution in [0.5, 0.6) is 0 Å². The van der Waals surface area contributed by atoms with Crippen LogP contribution in [0.3, 0.4) is 0 Å². The summed E-state index contributed by atoms with van der Waals surface area (Å²) >= 11 is 1.65. The SMILES string of the molecule is CC1(C)C=C2NC(Nc3nc4ccccc4o3)=[NH+][C@@H](c3cccs3)[C@@H]2C(=O)C1. The molecule has 5 rings (SSSR count). The van der Waals surface area contributed by atoms with E-state index >= 15 is 0 Å². The predicted molar refractivity (Wildman–Crippen MR) is 109 cm³/mol. The van der Waals surface area contributed by atoms with Crippen molar-refractivity contribution in [3.63, 3.8) is 0 Å². The highest BCUT2D eigenvalue weighted by atomic mass is 32.1. The fraction of sp³-hybridized carbons (Fsp3) is 0.286. The second-order valence-electron chi connectivity index (χ2n) is 7.96. The van der Waals surface area contributed by atoms with Crippen molar-refractivity contribution in [1.29, 1.82) is 0 Å². The number of aromatic nitrogens is 1. The number of nitrogens with zero attached hydrogens (tertiary/aromatic N) is 1. The van der Waals surface area contributed by atoms with Gasteiger partial charge in [0.25, 0.3) is 0 Å². The number of anilines is 1. The number of guanidine groups is 1. The van der Waals surface area contributed by atoms with Crippen molar-refractivity contribution >= 4 is 40.2 Å². The number of hydrogen-bond donors (Lipinski definition) is 3. The first-order chi connectivity index (χ1) is 13.5. The Morgan fingerprint density at radius 1 is 1.29 bits per heavy atom. The Bertz CT molecular complexity index is 1080. The summed E-state index contributed by atoms with van der Waals surface area (Å²) in [7, 11) is 0.